The van der Waals surface area contributed by atoms with Gasteiger partial charge < -0.3 is 5.32 Å². The number of hydrogen-bond donors (Lipinski definition) is 1. The average Bonchev–Trinajstić information content (AvgIpc) is 3.01. The quantitative estimate of drug-likeness (QED) is 0.534. The van der Waals surface area contributed by atoms with Crippen molar-refractivity contribution in [1.82, 2.24) is 19.4 Å². The fourth-order valence-corrected chi connectivity index (χ4v) is 3.51. The van der Waals surface area contributed by atoms with Crippen molar-refractivity contribution in [3.63, 3.8) is 0 Å². The summed E-state index contributed by atoms with van der Waals surface area (Å²) in [7, 11) is 0. The normalized spacial score (nSPS) is 10.9. The Balaban J connectivity index is 1.56. The molecule has 1 amide bonds. The molecule has 0 saturated carbocycles. The van der Waals surface area contributed by atoms with Gasteiger partial charge in [0.2, 0.25) is 0 Å². The second-order valence-corrected chi connectivity index (χ2v) is 7.00. The molecule has 0 fully saturated rings. The lowest BCUT2D eigenvalue weighted by Gasteiger charge is -2.07. The molecule has 2 aromatic heterocycles. The SMILES string of the molecule is O=C(NCCn1c(=O)n(Cc2ccccc2)c2cccnc21)c1ccccc1Cl. The Morgan fingerprint density at radius 1 is 0.966 bits per heavy atom. The van der Waals surface area contributed by atoms with Crippen LogP contribution in [-0.2, 0) is 13.1 Å². The summed E-state index contributed by atoms with van der Waals surface area (Å²) in [5, 5.41) is 3.21. The van der Waals surface area contributed by atoms with Crippen LogP contribution in [0.1, 0.15) is 15.9 Å². The second-order valence-electron chi connectivity index (χ2n) is 6.59. The minimum Gasteiger partial charge on any atom is -0.350 e. The summed E-state index contributed by atoms with van der Waals surface area (Å²) in [5.74, 6) is -0.273. The van der Waals surface area contributed by atoms with Gasteiger partial charge in [-0.2, -0.15) is 0 Å². The summed E-state index contributed by atoms with van der Waals surface area (Å²) < 4.78 is 3.29. The van der Waals surface area contributed by atoms with Gasteiger partial charge in [0.1, 0.15) is 0 Å². The molecule has 4 rings (SSSR count). The van der Waals surface area contributed by atoms with E-state index >= 15 is 0 Å². The molecular formula is C22H19ClN4O2. The van der Waals surface area contributed by atoms with Gasteiger partial charge in [0, 0.05) is 19.3 Å². The van der Waals surface area contributed by atoms with Crippen LogP contribution in [0.25, 0.3) is 11.2 Å². The minimum atomic E-state index is -0.273. The summed E-state index contributed by atoms with van der Waals surface area (Å²) in [5.41, 5.74) is 2.64. The highest BCUT2D eigenvalue weighted by Gasteiger charge is 2.15. The van der Waals surface area contributed by atoms with Gasteiger partial charge in [-0.1, -0.05) is 54.1 Å². The summed E-state index contributed by atoms with van der Waals surface area (Å²) in [6.07, 6.45) is 1.66. The van der Waals surface area contributed by atoms with Crippen LogP contribution in [-0.4, -0.2) is 26.6 Å². The number of rotatable bonds is 6. The number of benzene rings is 2. The fraction of sp³-hybridized carbons (Fsp3) is 0.136. The first-order valence-electron chi connectivity index (χ1n) is 9.26. The molecule has 4 aromatic rings. The van der Waals surface area contributed by atoms with Crippen LogP contribution in [0, 0.1) is 0 Å². The molecule has 0 unspecified atom stereocenters. The third-order valence-corrected chi connectivity index (χ3v) is 5.03. The van der Waals surface area contributed by atoms with Crippen LogP contribution in [0.4, 0.5) is 0 Å². The maximum atomic E-state index is 13.0. The summed E-state index contributed by atoms with van der Waals surface area (Å²) in [6.45, 7) is 1.05. The van der Waals surface area contributed by atoms with Crippen molar-refractivity contribution in [3.05, 3.63) is 99.6 Å². The molecule has 0 spiro atoms. The van der Waals surface area contributed by atoms with E-state index in [1.807, 2.05) is 42.5 Å². The van der Waals surface area contributed by atoms with Crippen LogP contribution < -0.4 is 11.0 Å². The van der Waals surface area contributed by atoms with Crippen LogP contribution in [0.2, 0.25) is 5.02 Å². The maximum absolute atomic E-state index is 13.0. The number of halogens is 1. The maximum Gasteiger partial charge on any atom is 0.330 e. The number of hydrogen-bond acceptors (Lipinski definition) is 3. The zero-order valence-corrected chi connectivity index (χ0v) is 16.3. The number of carbonyl (C=O) groups is 1. The van der Waals surface area contributed by atoms with Gasteiger partial charge in [-0.3, -0.25) is 13.9 Å². The largest absolute Gasteiger partial charge is 0.350 e. The van der Waals surface area contributed by atoms with Crippen molar-refractivity contribution in [2.24, 2.45) is 0 Å². The highest BCUT2D eigenvalue weighted by Crippen LogP contribution is 2.15. The van der Waals surface area contributed by atoms with Gasteiger partial charge in [0.05, 0.1) is 22.6 Å². The summed E-state index contributed by atoms with van der Waals surface area (Å²) in [6, 6.07) is 20.4. The van der Waals surface area contributed by atoms with Crippen LogP contribution in [0.15, 0.2) is 77.7 Å². The molecular weight excluding hydrogens is 388 g/mol. The predicted molar refractivity (Wildman–Crippen MR) is 113 cm³/mol. The van der Waals surface area contributed by atoms with Gasteiger partial charge in [-0.05, 0) is 29.8 Å². The van der Waals surface area contributed by atoms with Crippen LogP contribution >= 0.6 is 11.6 Å². The number of nitrogens with zero attached hydrogens (tertiary/aromatic N) is 3. The number of nitrogens with one attached hydrogen (secondary N) is 1. The molecule has 0 bridgehead atoms. The van der Waals surface area contributed by atoms with Crippen molar-refractivity contribution < 1.29 is 4.79 Å². The molecule has 0 aliphatic heterocycles. The van der Waals surface area contributed by atoms with Crippen molar-refractivity contribution in [2.45, 2.75) is 13.1 Å². The van der Waals surface area contributed by atoms with E-state index in [1.165, 1.54) is 0 Å². The van der Waals surface area contributed by atoms with Crippen molar-refractivity contribution in [2.75, 3.05) is 6.54 Å². The molecule has 146 valence electrons. The predicted octanol–water partition coefficient (Wildman–Crippen LogP) is 3.33. The van der Waals surface area contributed by atoms with E-state index in [1.54, 1.807) is 39.6 Å². The van der Waals surface area contributed by atoms with Crippen LogP contribution in [0.3, 0.4) is 0 Å². The molecule has 0 saturated heterocycles. The topological polar surface area (TPSA) is 68.9 Å². The molecule has 7 heteroatoms. The first kappa shape index (κ1) is 19.0. The van der Waals surface area contributed by atoms with Gasteiger partial charge >= 0.3 is 5.69 Å². The highest BCUT2D eigenvalue weighted by atomic mass is 35.5. The van der Waals surface area contributed by atoms with Gasteiger partial charge in [0.15, 0.2) is 5.65 Å². The Labute approximate surface area is 172 Å². The smallest absolute Gasteiger partial charge is 0.330 e. The van der Waals surface area contributed by atoms with E-state index in [0.717, 1.165) is 11.1 Å². The van der Waals surface area contributed by atoms with E-state index in [9.17, 15) is 9.59 Å². The lowest BCUT2D eigenvalue weighted by molar-refractivity contribution is 0.0952. The lowest BCUT2D eigenvalue weighted by Crippen LogP contribution is -2.32. The fourth-order valence-electron chi connectivity index (χ4n) is 3.29. The Hall–Kier alpha value is -3.38. The number of pyridine rings is 1. The van der Waals surface area contributed by atoms with E-state index in [2.05, 4.69) is 10.3 Å². The molecule has 2 heterocycles. The minimum absolute atomic E-state index is 0.158. The van der Waals surface area contributed by atoms with Crippen molar-refractivity contribution >= 4 is 28.7 Å². The Bertz CT molecular complexity index is 1210. The van der Waals surface area contributed by atoms with Crippen molar-refractivity contribution in [1.29, 1.82) is 0 Å². The Kier molecular flexibility index (Phi) is 5.44. The third-order valence-electron chi connectivity index (χ3n) is 4.70. The Morgan fingerprint density at radius 3 is 2.52 bits per heavy atom. The Morgan fingerprint density at radius 2 is 1.72 bits per heavy atom. The lowest BCUT2D eigenvalue weighted by atomic mass is 10.2. The van der Waals surface area contributed by atoms with Crippen LogP contribution in [0.5, 0.6) is 0 Å². The number of fused-ring (bicyclic) bond motifs is 1. The first-order valence-corrected chi connectivity index (χ1v) is 9.63. The molecule has 2 aromatic carbocycles. The number of carbonyl (C=O) groups excluding carboxylic acids is 1. The molecule has 29 heavy (non-hydrogen) atoms. The highest BCUT2D eigenvalue weighted by molar-refractivity contribution is 6.33. The van der Waals surface area contributed by atoms with E-state index in [4.69, 9.17) is 11.6 Å². The molecule has 0 aliphatic rings. The zero-order valence-electron chi connectivity index (χ0n) is 15.6. The molecule has 6 nitrogen and oxygen atoms in total. The third kappa shape index (κ3) is 3.93. The van der Waals surface area contributed by atoms with Gasteiger partial charge in [-0.15, -0.1) is 0 Å². The van der Waals surface area contributed by atoms with E-state index in [0.29, 0.717) is 29.3 Å². The van der Waals surface area contributed by atoms with E-state index < -0.39 is 0 Å². The second kappa shape index (κ2) is 8.32. The molecule has 0 atom stereocenters. The number of imidazole rings is 1. The van der Waals surface area contributed by atoms with Gasteiger partial charge in [-0.25, -0.2) is 9.78 Å². The van der Waals surface area contributed by atoms with Gasteiger partial charge in [0.25, 0.3) is 5.91 Å². The molecule has 1 N–H and O–H groups in total. The first-order chi connectivity index (χ1) is 14.1. The van der Waals surface area contributed by atoms with E-state index in [-0.39, 0.29) is 18.1 Å². The number of amides is 1. The summed E-state index contributed by atoms with van der Waals surface area (Å²) in [4.78, 5) is 29.8. The average molecular weight is 407 g/mol. The molecule has 0 aliphatic carbocycles. The zero-order chi connectivity index (χ0) is 20.2. The monoisotopic (exact) mass is 406 g/mol. The van der Waals surface area contributed by atoms with Crippen molar-refractivity contribution in [3.8, 4) is 0 Å². The summed E-state index contributed by atoms with van der Waals surface area (Å²) >= 11 is 6.07. The molecule has 0 radical (unpaired) electrons. The number of aromatic nitrogens is 3. The standard InChI is InChI=1S/C22H19ClN4O2/c23-18-10-5-4-9-17(18)21(28)25-13-14-26-20-19(11-6-12-24-20)27(22(26)29)15-16-7-2-1-3-8-16/h1-12H,13-15H2,(H,25,28).